The van der Waals surface area contributed by atoms with Crippen LogP contribution in [0.1, 0.15) is 41.5 Å². The fourth-order valence-corrected chi connectivity index (χ4v) is 1.70. The van der Waals surface area contributed by atoms with E-state index in [2.05, 4.69) is 5.32 Å². The third kappa shape index (κ3) is 4.85. The number of ether oxygens (including phenoxy) is 1. The van der Waals surface area contributed by atoms with Crippen LogP contribution in [0.15, 0.2) is 12.2 Å². The molecule has 20 heavy (non-hydrogen) atoms. The van der Waals surface area contributed by atoms with Crippen molar-refractivity contribution >= 4 is 12.0 Å². The molecule has 0 saturated heterocycles. The van der Waals surface area contributed by atoms with E-state index in [9.17, 15) is 9.59 Å². The molecule has 0 aromatic heterocycles. The Balaban J connectivity index is 2.59. The number of hydroxylamine groups is 2. The summed E-state index contributed by atoms with van der Waals surface area (Å²) in [4.78, 5) is 29.4. The monoisotopic (exact) mass is 284 g/mol. The van der Waals surface area contributed by atoms with Crippen molar-refractivity contribution in [3.63, 3.8) is 0 Å². The van der Waals surface area contributed by atoms with Gasteiger partial charge in [-0.15, -0.1) is 0 Å². The first kappa shape index (κ1) is 16.5. The van der Waals surface area contributed by atoms with Crippen molar-refractivity contribution < 1.29 is 19.2 Å². The molecule has 0 saturated carbocycles. The molecule has 6 nitrogen and oxygen atoms in total. The maximum absolute atomic E-state index is 12.3. The number of nitrogens with zero attached hydrogens (tertiary/aromatic N) is 1. The van der Waals surface area contributed by atoms with Gasteiger partial charge < -0.3 is 10.1 Å². The summed E-state index contributed by atoms with van der Waals surface area (Å²) in [5.41, 5.74) is -0.598. The topological polar surface area (TPSA) is 67.9 Å². The second kappa shape index (κ2) is 6.26. The van der Waals surface area contributed by atoms with Gasteiger partial charge in [0.25, 0.3) is 5.91 Å². The lowest BCUT2D eigenvalue weighted by atomic mass is 10.2. The Morgan fingerprint density at radius 1 is 1.30 bits per heavy atom. The number of amides is 2. The van der Waals surface area contributed by atoms with E-state index in [1.807, 2.05) is 26.0 Å². The molecule has 1 rings (SSSR count). The van der Waals surface area contributed by atoms with Gasteiger partial charge in [0.2, 0.25) is 0 Å². The standard InChI is InChI=1S/C14H24N2O4/c1-9-7-8-10(2)20-16(9)12(17)11(3)15-13(18)19-14(4,5)6/h7-11H,1-6H3,(H,15,18)/t9-,10?,11-/m1/s1. The van der Waals surface area contributed by atoms with E-state index in [0.717, 1.165) is 0 Å². The zero-order valence-electron chi connectivity index (χ0n) is 13.0. The first-order chi connectivity index (χ1) is 9.10. The zero-order chi connectivity index (χ0) is 15.5. The fourth-order valence-electron chi connectivity index (χ4n) is 1.70. The van der Waals surface area contributed by atoms with Crippen molar-refractivity contribution in [3.05, 3.63) is 12.2 Å². The minimum atomic E-state index is -0.717. The Morgan fingerprint density at radius 2 is 1.90 bits per heavy atom. The van der Waals surface area contributed by atoms with Crippen LogP contribution in [-0.4, -0.2) is 40.9 Å². The highest BCUT2D eigenvalue weighted by Gasteiger charge is 2.30. The number of hydrogen-bond donors (Lipinski definition) is 1. The van der Waals surface area contributed by atoms with Gasteiger partial charge in [0, 0.05) is 0 Å². The summed E-state index contributed by atoms with van der Waals surface area (Å²) in [7, 11) is 0. The first-order valence-corrected chi connectivity index (χ1v) is 6.78. The Kier molecular flexibility index (Phi) is 5.16. The van der Waals surface area contributed by atoms with Gasteiger partial charge in [0.05, 0.1) is 6.04 Å². The highest BCUT2D eigenvalue weighted by Crippen LogP contribution is 2.14. The average Bonchev–Trinajstić information content (AvgIpc) is 2.28. The van der Waals surface area contributed by atoms with Gasteiger partial charge in [-0.25, -0.2) is 9.86 Å². The van der Waals surface area contributed by atoms with E-state index in [1.54, 1.807) is 27.7 Å². The first-order valence-electron chi connectivity index (χ1n) is 6.78. The van der Waals surface area contributed by atoms with Gasteiger partial charge >= 0.3 is 6.09 Å². The third-order valence-corrected chi connectivity index (χ3v) is 2.63. The molecule has 0 radical (unpaired) electrons. The SMILES string of the molecule is CC1C=C[C@@H](C)N(C(=O)[C@@H](C)NC(=O)OC(C)(C)C)O1. The highest BCUT2D eigenvalue weighted by atomic mass is 16.7. The van der Waals surface area contributed by atoms with Gasteiger partial charge in [-0.05, 0) is 41.5 Å². The van der Waals surface area contributed by atoms with Crippen LogP contribution in [0.5, 0.6) is 0 Å². The molecule has 0 spiro atoms. The Bertz CT molecular complexity index is 400. The third-order valence-electron chi connectivity index (χ3n) is 2.63. The minimum Gasteiger partial charge on any atom is -0.444 e. The molecular weight excluding hydrogens is 260 g/mol. The van der Waals surface area contributed by atoms with Crippen LogP contribution in [0.25, 0.3) is 0 Å². The summed E-state index contributed by atoms with van der Waals surface area (Å²) < 4.78 is 5.12. The predicted molar refractivity (Wildman–Crippen MR) is 74.8 cm³/mol. The molecule has 6 heteroatoms. The second-order valence-electron chi connectivity index (χ2n) is 5.97. The second-order valence-corrected chi connectivity index (χ2v) is 5.97. The van der Waals surface area contributed by atoms with E-state index in [-0.39, 0.29) is 18.1 Å². The Labute approximate surface area is 120 Å². The molecule has 0 aliphatic carbocycles. The molecule has 0 fully saturated rings. The van der Waals surface area contributed by atoms with E-state index in [4.69, 9.17) is 9.57 Å². The normalized spacial score (nSPS) is 24.2. The minimum absolute atomic E-state index is 0.163. The number of alkyl carbamates (subject to hydrolysis) is 1. The molecule has 1 N–H and O–H groups in total. The van der Waals surface area contributed by atoms with E-state index >= 15 is 0 Å². The summed E-state index contributed by atoms with van der Waals surface area (Å²) in [5.74, 6) is -0.306. The maximum atomic E-state index is 12.3. The molecule has 2 amide bonds. The Hall–Kier alpha value is -1.56. The van der Waals surface area contributed by atoms with Crippen LogP contribution in [0, 0.1) is 0 Å². The van der Waals surface area contributed by atoms with Gasteiger partial charge in [-0.2, -0.15) is 0 Å². The van der Waals surface area contributed by atoms with E-state index < -0.39 is 17.7 Å². The molecule has 3 atom stereocenters. The van der Waals surface area contributed by atoms with Gasteiger partial charge in [0.1, 0.15) is 17.7 Å². The van der Waals surface area contributed by atoms with Gasteiger partial charge in [-0.1, -0.05) is 12.2 Å². The van der Waals surface area contributed by atoms with Crippen molar-refractivity contribution in [2.24, 2.45) is 0 Å². The number of carbonyl (C=O) groups excluding carboxylic acids is 2. The van der Waals surface area contributed by atoms with Gasteiger partial charge in [0.15, 0.2) is 0 Å². The zero-order valence-corrected chi connectivity index (χ0v) is 13.0. The molecule has 114 valence electrons. The predicted octanol–water partition coefficient (Wildman–Crippen LogP) is 2.01. The maximum Gasteiger partial charge on any atom is 0.408 e. The van der Waals surface area contributed by atoms with E-state index in [1.165, 1.54) is 5.06 Å². The smallest absolute Gasteiger partial charge is 0.408 e. The Morgan fingerprint density at radius 3 is 2.45 bits per heavy atom. The van der Waals surface area contributed by atoms with E-state index in [0.29, 0.717) is 0 Å². The molecule has 1 unspecified atom stereocenters. The number of hydrogen-bond acceptors (Lipinski definition) is 4. The van der Waals surface area contributed by atoms with Crippen molar-refractivity contribution in [2.45, 2.75) is 65.3 Å². The van der Waals surface area contributed by atoms with Crippen molar-refractivity contribution in [3.8, 4) is 0 Å². The molecule has 0 bridgehead atoms. The van der Waals surface area contributed by atoms with Crippen LogP contribution in [0.3, 0.4) is 0 Å². The molecule has 1 heterocycles. The lowest BCUT2D eigenvalue weighted by molar-refractivity contribution is -0.209. The summed E-state index contributed by atoms with van der Waals surface area (Å²) in [6.07, 6.45) is 3.00. The molecule has 0 aromatic rings. The number of nitrogens with one attached hydrogen (secondary N) is 1. The number of rotatable bonds is 2. The fraction of sp³-hybridized carbons (Fsp3) is 0.714. The molecule has 1 aliphatic heterocycles. The van der Waals surface area contributed by atoms with Gasteiger partial charge in [-0.3, -0.25) is 9.63 Å². The summed E-state index contributed by atoms with van der Waals surface area (Å²) in [5, 5.41) is 3.80. The average molecular weight is 284 g/mol. The lowest BCUT2D eigenvalue weighted by Crippen LogP contribution is -2.52. The quantitative estimate of drug-likeness (QED) is 0.788. The highest BCUT2D eigenvalue weighted by molar-refractivity contribution is 5.85. The van der Waals surface area contributed by atoms with Crippen molar-refractivity contribution in [2.75, 3.05) is 0 Å². The molecule has 0 aromatic carbocycles. The van der Waals surface area contributed by atoms with Crippen molar-refractivity contribution in [1.29, 1.82) is 0 Å². The summed E-state index contributed by atoms with van der Waals surface area (Å²) in [6, 6.07) is -0.882. The molecule has 1 aliphatic rings. The number of carbonyl (C=O) groups is 2. The summed E-state index contributed by atoms with van der Waals surface area (Å²) in [6.45, 7) is 10.6. The van der Waals surface area contributed by atoms with Crippen molar-refractivity contribution in [1.82, 2.24) is 10.4 Å². The summed E-state index contributed by atoms with van der Waals surface area (Å²) >= 11 is 0. The van der Waals surface area contributed by atoms with Crippen LogP contribution in [-0.2, 0) is 14.4 Å². The van der Waals surface area contributed by atoms with Crippen LogP contribution in [0.4, 0.5) is 4.79 Å². The molecular formula is C14H24N2O4. The van der Waals surface area contributed by atoms with Crippen LogP contribution >= 0.6 is 0 Å². The lowest BCUT2D eigenvalue weighted by Gasteiger charge is -2.33. The largest absolute Gasteiger partial charge is 0.444 e. The van der Waals surface area contributed by atoms with Crippen LogP contribution < -0.4 is 5.32 Å². The van der Waals surface area contributed by atoms with Crippen LogP contribution in [0.2, 0.25) is 0 Å².